The van der Waals surface area contributed by atoms with Gasteiger partial charge in [0.1, 0.15) is 6.04 Å². The summed E-state index contributed by atoms with van der Waals surface area (Å²) in [5.74, 6) is -1.47. The normalized spacial score (nSPS) is 21.4. The van der Waals surface area contributed by atoms with Crippen molar-refractivity contribution in [1.29, 1.82) is 0 Å². The van der Waals surface area contributed by atoms with Crippen molar-refractivity contribution in [3.05, 3.63) is 23.8 Å². The molecule has 1 amide bonds. The van der Waals surface area contributed by atoms with Crippen LogP contribution in [0, 0.1) is 0 Å². The number of sulfonamides is 1. The van der Waals surface area contributed by atoms with Gasteiger partial charge in [-0.2, -0.15) is 4.31 Å². The smallest absolute Gasteiger partial charge is 0.327 e. The van der Waals surface area contributed by atoms with Crippen LogP contribution in [0.2, 0.25) is 0 Å². The predicted molar refractivity (Wildman–Crippen MR) is 82.7 cm³/mol. The number of fused-ring (bicyclic) bond motifs is 1. The number of carboxylic acid groups (broad SMARTS) is 1. The van der Waals surface area contributed by atoms with Crippen molar-refractivity contribution in [3.8, 4) is 0 Å². The lowest BCUT2D eigenvalue weighted by atomic mass is 10.1. The summed E-state index contributed by atoms with van der Waals surface area (Å²) in [6.45, 7) is 2.33. The van der Waals surface area contributed by atoms with Gasteiger partial charge in [0.05, 0.1) is 4.90 Å². The zero-order chi connectivity index (χ0) is 16.8. The highest BCUT2D eigenvalue weighted by Gasteiger charge is 2.38. The minimum Gasteiger partial charge on any atom is -0.480 e. The summed E-state index contributed by atoms with van der Waals surface area (Å²) >= 11 is 0. The molecule has 8 heteroatoms. The van der Waals surface area contributed by atoms with Crippen molar-refractivity contribution < 1.29 is 23.1 Å². The quantitative estimate of drug-likeness (QED) is 0.881. The molecule has 0 aromatic heterocycles. The molecular weight excluding hydrogens is 320 g/mol. The van der Waals surface area contributed by atoms with E-state index in [1.54, 1.807) is 0 Å². The van der Waals surface area contributed by atoms with Gasteiger partial charge in [-0.3, -0.25) is 9.69 Å². The number of anilines is 1. The van der Waals surface area contributed by atoms with Crippen molar-refractivity contribution in [3.63, 3.8) is 0 Å². The maximum Gasteiger partial charge on any atom is 0.327 e. The fourth-order valence-corrected chi connectivity index (χ4v) is 4.82. The number of aliphatic carboxylic acids is 1. The molecule has 1 N–H and O–H groups in total. The van der Waals surface area contributed by atoms with Gasteiger partial charge in [-0.15, -0.1) is 0 Å². The van der Waals surface area contributed by atoms with E-state index in [0.717, 1.165) is 12.8 Å². The molecule has 2 aliphatic heterocycles. The Morgan fingerprint density at radius 1 is 1.22 bits per heavy atom. The average Bonchev–Trinajstić information content (AvgIpc) is 3.14. The molecule has 0 aliphatic carbocycles. The first-order valence-electron chi connectivity index (χ1n) is 7.48. The van der Waals surface area contributed by atoms with Crippen molar-refractivity contribution >= 4 is 27.6 Å². The summed E-state index contributed by atoms with van der Waals surface area (Å²) in [5, 5.41) is 9.29. The van der Waals surface area contributed by atoms with Gasteiger partial charge in [-0.05, 0) is 36.6 Å². The fourth-order valence-electron chi connectivity index (χ4n) is 3.25. The Bertz CT molecular complexity index is 768. The largest absolute Gasteiger partial charge is 0.480 e. The van der Waals surface area contributed by atoms with E-state index in [1.807, 2.05) is 0 Å². The van der Waals surface area contributed by atoms with E-state index in [9.17, 15) is 23.1 Å². The molecule has 2 heterocycles. The van der Waals surface area contributed by atoms with Crippen LogP contribution in [-0.2, 0) is 26.0 Å². The first-order chi connectivity index (χ1) is 10.8. The maximum absolute atomic E-state index is 12.6. The molecule has 1 saturated heterocycles. The van der Waals surface area contributed by atoms with Crippen LogP contribution >= 0.6 is 0 Å². The minimum atomic E-state index is -3.55. The molecule has 0 unspecified atom stereocenters. The molecule has 0 bridgehead atoms. The van der Waals surface area contributed by atoms with Crippen LogP contribution in [0.25, 0.3) is 0 Å². The lowest BCUT2D eigenvalue weighted by molar-refractivity contribution is -0.139. The first kappa shape index (κ1) is 15.9. The van der Waals surface area contributed by atoms with E-state index in [-0.39, 0.29) is 17.2 Å². The van der Waals surface area contributed by atoms with Crippen LogP contribution in [0.15, 0.2) is 23.1 Å². The number of carbonyl (C=O) groups is 2. The van der Waals surface area contributed by atoms with Gasteiger partial charge in [0.25, 0.3) is 0 Å². The van der Waals surface area contributed by atoms with Crippen molar-refractivity contribution in [2.45, 2.75) is 37.1 Å². The number of nitrogens with zero attached hydrogens (tertiary/aromatic N) is 2. The Morgan fingerprint density at radius 3 is 2.43 bits per heavy atom. The van der Waals surface area contributed by atoms with Crippen LogP contribution in [0.1, 0.15) is 25.3 Å². The van der Waals surface area contributed by atoms with Gasteiger partial charge in [0.2, 0.25) is 15.9 Å². The van der Waals surface area contributed by atoms with Gasteiger partial charge >= 0.3 is 5.97 Å². The number of rotatable bonds is 3. The first-order valence-corrected chi connectivity index (χ1v) is 8.92. The summed E-state index contributed by atoms with van der Waals surface area (Å²) < 4.78 is 26.6. The highest BCUT2D eigenvalue weighted by atomic mass is 32.2. The Hall–Kier alpha value is -1.93. The number of carboxylic acids is 1. The number of amides is 1. The third kappa shape index (κ3) is 2.61. The molecule has 1 fully saturated rings. The summed E-state index contributed by atoms with van der Waals surface area (Å²) in [6, 6.07) is 3.50. The van der Waals surface area contributed by atoms with Gasteiger partial charge in [0.15, 0.2) is 0 Å². The third-order valence-corrected chi connectivity index (χ3v) is 6.26. The molecular formula is C15H18N2O5S. The lowest BCUT2D eigenvalue weighted by Gasteiger charge is -2.21. The summed E-state index contributed by atoms with van der Waals surface area (Å²) in [4.78, 5) is 24.5. The van der Waals surface area contributed by atoms with Crippen LogP contribution in [-0.4, -0.2) is 48.8 Å². The molecule has 2 aliphatic rings. The molecule has 0 spiro atoms. The second kappa shape index (κ2) is 5.61. The Balaban J connectivity index is 2.00. The standard InChI is InChI=1S/C15H18N2O5S/c1-10(18)17-13-5-4-12(8-11(13)9-14(17)15(19)20)23(21,22)16-6-2-3-7-16/h4-5,8,14H,2-3,6-7,9H2,1H3,(H,19,20)/t14-/m0/s1. The average molecular weight is 338 g/mol. The van der Waals surface area contributed by atoms with Gasteiger partial charge in [0, 0.05) is 32.1 Å². The SMILES string of the molecule is CC(=O)N1c2ccc(S(=O)(=O)N3CCCC3)cc2C[C@H]1C(=O)O. The molecule has 7 nitrogen and oxygen atoms in total. The van der Waals surface area contributed by atoms with Crippen LogP contribution in [0.5, 0.6) is 0 Å². The third-order valence-electron chi connectivity index (χ3n) is 4.36. The molecule has 1 atom stereocenters. The number of carbonyl (C=O) groups excluding carboxylic acids is 1. The van der Waals surface area contributed by atoms with Crippen molar-refractivity contribution in [2.24, 2.45) is 0 Å². The topological polar surface area (TPSA) is 95.0 Å². The number of benzene rings is 1. The Kier molecular flexibility index (Phi) is 3.89. The highest BCUT2D eigenvalue weighted by molar-refractivity contribution is 7.89. The van der Waals surface area contributed by atoms with Gasteiger partial charge in [-0.1, -0.05) is 0 Å². The van der Waals surface area contributed by atoms with E-state index in [4.69, 9.17) is 0 Å². The van der Waals surface area contributed by atoms with Crippen molar-refractivity contribution in [2.75, 3.05) is 18.0 Å². The maximum atomic E-state index is 12.6. The Morgan fingerprint density at radius 2 is 1.87 bits per heavy atom. The van der Waals surface area contributed by atoms with Gasteiger partial charge in [-0.25, -0.2) is 13.2 Å². The predicted octanol–water partition coefficient (Wildman–Crippen LogP) is 0.833. The number of hydrogen-bond donors (Lipinski definition) is 1. The molecule has 0 radical (unpaired) electrons. The van der Waals surface area contributed by atoms with E-state index in [2.05, 4.69) is 0 Å². The molecule has 0 saturated carbocycles. The highest BCUT2D eigenvalue weighted by Crippen LogP contribution is 2.35. The fraction of sp³-hybridized carbons (Fsp3) is 0.467. The molecule has 1 aromatic carbocycles. The van der Waals surface area contributed by atoms with E-state index in [1.165, 1.54) is 34.3 Å². The van der Waals surface area contributed by atoms with Crippen molar-refractivity contribution in [1.82, 2.24) is 4.31 Å². The molecule has 1 aromatic rings. The zero-order valence-corrected chi connectivity index (χ0v) is 13.5. The van der Waals surface area contributed by atoms with Crippen LogP contribution < -0.4 is 4.90 Å². The zero-order valence-electron chi connectivity index (χ0n) is 12.7. The van der Waals surface area contributed by atoms with E-state index < -0.39 is 22.0 Å². The van der Waals surface area contributed by atoms with Crippen LogP contribution in [0.4, 0.5) is 5.69 Å². The monoisotopic (exact) mass is 338 g/mol. The molecule has 23 heavy (non-hydrogen) atoms. The second-order valence-corrected chi connectivity index (χ2v) is 7.79. The Labute approximate surface area is 134 Å². The van der Waals surface area contributed by atoms with Crippen LogP contribution in [0.3, 0.4) is 0 Å². The lowest BCUT2D eigenvalue weighted by Crippen LogP contribution is -2.41. The minimum absolute atomic E-state index is 0.119. The molecule has 3 rings (SSSR count). The second-order valence-electron chi connectivity index (χ2n) is 5.85. The molecule has 124 valence electrons. The van der Waals surface area contributed by atoms with Gasteiger partial charge < -0.3 is 5.11 Å². The van der Waals surface area contributed by atoms with E-state index >= 15 is 0 Å². The summed E-state index contributed by atoms with van der Waals surface area (Å²) in [6.07, 6.45) is 1.82. The number of hydrogen-bond acceptors (Lipinski definition) is 4. The summed E-state index contributed by atoms with van der Waals surface area (Å²) in [7, 11) is -3.55. The summed E-state index contributed by atoms with van der Waals surface area (Å²) in [5.41, 5.74) is 1.05. The van der Waals surface area contributed by atoms with E-state index in [0.29, 0.717) is 24.3 Å².